The summed E-state index contributed by atoms with van der Waals surface area (Å²) in [7, 11) is 0. The molecule has 4 rings (SSSR count). The number of piperidine rings is 1. The molecule has 2 aromatic rings. The molecule has 2 aromatic carbocycles. The molecule has 2 aliphatic rings. The van der Waals surface area contributed by atoms with Crippen molar-refractivity contribution in [3.05, 3.63) is 69.7 Å². The Balaban J connectivity index is 1.64. The fourth-order valence-corrected chi connectivity index (χ4v) is 5.66. The van der Waals surface area contributed by atoms with Gasteiger partial charge in [-0.3, -0.25) is 14.4 Å². The topological polar surface area (TPSA) is 110 Å². The molecule has 1 saturated carbocycles. The minimum absolute atomic E-state index is 0.171. The Labute approximate surface area is 226 Å². The second kappa shape index (κ2) is 11.4. The van der Waals surface area contributed by atoms with Gasteiger partial charge in [0, 0.05) is 34.5 Å². The number of carboxylic acid groups (broad SMARTS) is 1. The van der Waals surface area contributed by atoms with Crippen molar-refractivity contribution in [2.75, 3.05) is 13.2 Å². The fourth-order valence-electron chi connectivity index (χ4n) is 5.33. The van der Waals surface area contributed by atoms with Crippen molar-refractivity contribution in [3.63, 3.8) is 0 Å². The average molecular weight is 547 g/mol. The van der Waals surface area contributed by atoms with Crippen LogP contribution in [0, 0.1) is 11.3 Å². The van der Waals surface area contributed by atoms with Crippen LogP contribution in [-0.4, -0.2) is 47.0 Å². The number of carbonyl (C=O) groups excluding carboxylic acids is 2. The zero-order valence-electron chi connectivity index (χ0n) is 20.7. The van der Waals surface area contributed by atoms with Crippen molar-refractivity contribution in [1.82, 2.24) is 4.90 Å². The van der Waals surface area contributed by atoms with E-state index in [1.165, 1.54) is 0 Å². The largest absolute Gasteiger partial charge is 0.481 e. The van der Waals surface area contributed by atoms with Gasteiger partial charge in [-0.15, -0.1) is 0 Å². The molecular formula is C28H32Cl2N2O5. The summed E-state index contributed by atoms with van der Waals surface area (Å²) >= 11 is 12.5. The van der Waals surface area contributed by atoms with Gasteiger partial charge in [-0.2, -0.15) is 0 Å². The van der Waals surface area contributed by atoms with E-state index in [1.807, 2.05) is 42.2 Å². The molecule has 9 heteroatoms. The summed E-state index contributed by atoms with van der Waals surface area (Å²) in [4.78, 5) is 39.0. The van der Waals surface area contributed by atoms with E-state index in [4.69, 9.17) is 33.7 Å². The molecule has 0 spiro atoms. The molecule has 7 nitrogen and oxygen atoms in total. The Morgan fingerprint density at radius 2 is 1.84 bits per heavy atom. The number of ether oxygens (including phenoxy) is 1. The van der Waals surface area contributed by atoms with Crippen LogP contribution in [0.2, 0.25) is 10.0 Å². The van der Waals surface area contributed by atoms with E-state index in [9.17, 15) is 19.5 Å². The number of aliphatic carboxylic acids is 1. The standard InChI is InChI=1S/C28H32Cl2N2O5/c1-17(9-12-37-16-28(10-11-28)27(31)36)32-25(18-5-7-21(29)8-6-18)23(19-3-2-4-22(30)13-19)14-20(26(32)35)15-24(33)34/h2-8,13,17,20,23,25H,9-12,14-16H2,1H3,(H2,31,36)(H,33,34). The van der Waals surface area contributed by atoms with E-state index in [0.717, 1.165) is 24.0 Å². The van der Waals surface area contributed by atoms with Gasteiger partial charge in [0.05, 0.1) is 24.5 Å². The highest BCUT2D eigenvalue weighted by molar-refractivity contribution is 6.30. The number of amides is 2. The number of nitrogens with zero attached hydrogens (tertiary/aromatic N) is 1. The lowest BCUT2D eigenvalue weighted by atomic mass is 9.74. The van der Waals surface area contributed by atoms with Crippen LogP contribution < -0.4 is 5.73 Å². The van der Waals surface area contributed by atoms with Crippen LogP contribution in [0.25, 0.3) is 0 Å². The average Bonchev–Trinajstić information content (AvgIpc) is 3.64. The zero-order valence-corrected chi connectivity index (χ0v) is 22.3. The molecule has 0 bridgehead atoms. The summed E-state index contributed by atoms with van der Waals surface area (Å²) < 4.78 is 5.83. The Morgan fingerprint density at radius 1 is 1.14 bits per heavy atom. The van der Waals surface area contributed by atoms with Gasteiger partial charge in [0.25, 0.3) is 0 Å². The maximum atomic E-state index is 13.8. The highest BCUT2D eigenvalue weighted by Gasteiger charge is 2.49. The number of hydrogen-bond acceptors (Lipinski definition) is 4. The number of primary amides is 1. The molecule has 1 heterocycles. The van der Waals surface area contributed by atoms with E-state index in [2.05, 4.69) is 0 Å². The van der Waals surface area contributed by atoms with Crippen LogP contribution in [0.1, 0.15) is 62.1 Å². The van der Waals surface area contributed by atoms with E-state index < -0.39 is 17.3 Å². The lowest BCUT2D eigenvalue weighted by Crippen LogP contribution is -2.51. The number of carboxylic acids is 1. The maximum absolute atomic E-state index is 13.8. The monoisotopic (exact) mass is 546 g/mol. The summed E-state index contributed by atoms with van der Waals surface area (Å²) in [6, 6.07) is 14.3. The molecule has 3 N–H and O–H groups in total. The van der Waals surface area contributed by atoms with Crippen molar-refractivity contribution in [3.8, 4) is 0 Å². The van der Waals surface area contributed by atoms with Gasteiger partial charge in [0.15, 0.2) is 0 Å². The Morgan fingerprint density at radius 3 is 2.43 bits per heavy atom. The predicted octanol–water partition coefficient (Wildman–Crippen LogP) is 5.20. The minimum Gasteiger partial charge on any atom is -0.481 e. The first kappa shape index (κ1) is 27.4. The van der Waals surface area contributed by atoms with E-state index in [0.29, 0.717) is 29.5 Å². The molecule has 4 atom stereocenters. The third-order valence-corrected chi connectivity index (χ3v) is 8.13. The first-order valence-electron chi connectivity index (χ1n) is 12.5. The van der Waals surface area contributed by atoms with Crippen molar-refractivity contribution in [1.29, 1.82) is 0 Å². The quantitative estimate of drug-likeness (QED) is 0.376. The maximum Gasteiger partial charge on any atom is 0.304 e. The minimum atomic E-state index is -1.01. The van der Waals surface area contributed by atoms with Crippen LogP contribution in [0.4, 0.5) is 0 Å². The summed E-state index contributed by atoms with van der Waals surface area (Å²) in [6.07, 6.45) is 2.13. The number of carbonyl (C=O) groups is 3. The van der Waals surface area contributed by atoms with Gasteiger partial charge in [-0.05, 0) is 68.0 Å². The van der Waals surface area contributed by atoms with Gasteiger partial charge in [-0.1, -0.05) is 47.5 Å². The molecule has 2 fully saturated rings. The molecule has 198 valence electrons. The highest BCUT2D eigenvalue weighted by Crippen LogP contribution is 2.48. The predicted molar refractivity (Wildman–Crippen MR) is 141 cm³/mol. The van der Waals surface area contributed by atoms with Gasteiger partial charge >= 0.3 is 5.97 Å². The van der Waals surface area contributed by atoms with Crippen molar-refractivity contribution < 1.29 is 24.2 Å². The Hall–Kier alpha value is -2.61. The normalized spacial score (nSPS) is 23.5. The molecule has 1 saturated heterocycles. The number of likely N-dealkylation sites (tertiary alicyclic amines) is 1. The molecule has 37 heavy (non-hydrogen) atoms. The molecular weight excluding hydrogens is 515 g/mol. The molecule has 2 amide bonds. The number of rotatable bonds is 11. The van der Waals surface area contributed by atoms with Gasteiger partial charge in [0.1, 0.15) is 0 Å². The first-order valence-corrected chi connectivity index (χ1v) is 13.3. The van der Waals surface area contributed by atoms with Gasteiger partial charge < -0.3 is 20.5 Å². The smallest absolute Gasteiger partial charge is 0.304 e. The zero-order chi connectivity index (χ0) is 26.7. The lowest BCUT2D eigenvalue weighted by Gasteiger charge is -2.47. The van der Waals surface area contributed by atoms with Crippen LogP contribution >= 0.6 is 23.2 Å². The first-order chi connectivity index (χ1) is 17.6. The number of hydrogen-bond donors (Lipinski definition) is 2. The van der Waals surface area contributed by atoms with Crippen molar-refractivity contribution in [2.45, 2.75) is 57.0 Å². The second-order valence-electron chi connectivity index (χ2n) is 10.3. The van der Waals surface area contributed by atoms with E-state index >= 15 is 0 Å². The van der Waals surface area contributed by atoms with Crippen LogP contribution in [-0.2, 0) is 19.1 Å². The van der Waals surface area contributed by atoms with E-state index in [-0.39, 0.29) is 42.8 Å². The molecule has 0 radical (unpaired) electrons. The SMILES string of the molecule is CC(CCOCC1(C(N)=O)CC1)N1C(=O)C(CC(=O)O)CC(c2cccc(Cl)c2)C1c1ccc(Cl)cc1. The summed E-state index contributed by atoms with van der Waals surface area (Å²) in [5, 5.41) is 10.7. The second-order valence-corrected chi connectivity index (χ2v) is 11.1. The molecule has 4 unspecified atom stereocenters. The highest BCUT2D eigenvalue weighted by atomic mass is 35.5. The molecule has 0 aromatic heterocycles. The molecule has 1 aliphatic heterocycles. The van der Waals surface area contributed by atoms with Crippen LogP contribution in [0.3, 0.4) is 0 Å². The van der Waals surface area contributed by atoms with E-state index in [1.54, 1.807) is 18.2 Å². The number of nitrogens with two attached hydrogens (primary N) is 1. The summed E-state index contributed by atoms with van der Waals surface area (Å²) in [5.74, 6) is -2.38. The number of halogens is 2. The van der Waals surface area contributed by atoms with Gasteiger partial charge in [-0.25, -0.2) is 0 Å². The van der Waals surface area contributed by atoms with Gasteiger partial charge in [0.2, 0.25) is 11.8 Å². The number of benzene rings is 2. The Kier molecular flexibility index (Phi) is 8.46. The van der Waals surface area contributed by atoms with Crippen molar-refractivity contribution >= 4 is 41.0 Å². The third-order valence-electron chi connectivity index (χ3n) is 7.64. The van der Waals surface area contributed by atoms with Crippen molar-refractivity contribution in [2.24, 2.45) is 17.1 Å². The summed E-state index contributed by atoms with van der Waals surface area (Å²) in [6.45, 7) is 2.57. The van der Waals surface area contributed by atoms with Crippen LogP contribution in [0.15, 0.2) is 48.5 Å². The summed E-state index contributed by atoms with van der Waals surface area (Å²) in [5.41, 5.74) is 6.80. The third kappa shape index (κ3) is 6.28. The Bertz CT molecular complexity index is 1150. The van der Waals surface area contributed by atoms with Crippen LogP contribution in [0.5, 0.6) is 0 Å². The lowest BCUT2D eigenvalue weighted by molar-refractivity contribution is -0.152. The molecule has 1 aliphatic carbocycles. The fraction of sp³-hybridized carbons (Fsp3) is 0.464.